The van der Waals surface area contributed by atoms with Gasteiger partial charge in [-0.1, -0.05) is 29.3 Å². The van der Waals surface area contributed by atoms with Crippen LogP contribution in [0.3, 0.4) is 0 Å². The fraction of sp³-hybridized carbons (Fsp3) is 0.667. The number of nitrogens with one attached hydrogen (secondary N) is 1. The highest BCUT2D eigenvalue weighted by Gasteiger charge is 2.55. The summed E-state index contributed by atoms with van der Waals surface area (Å²) in [6.07, 6.45) is 4.90. The van der Waals surface area contributed by atoms with E-state index in [1.165, 1.54) is 18.2 Å². The average Bonchev–Trinajstić information content (AvgIpc) is 2.57. The van der Waals surface area contributed by atoms with E-state index < -0.39 is 21.2 Å². The highest BCUT2D eigenvalue weighted by atomic mass is 35.5. The quantitative estimate of drug-likeness (QED) is 0.667. The number of benzene rings is 1. The van der Waals surface area contributed by atoms with Crippen molar-refractivity contribution in [2.24, 2.45) is 23.7 Å². The summed E-state index contributed by atoms with van der Waals surface area (Å²) in [5.41, 5.74) is -1.81. The van der Waals surface area contributed by atoms with Gasteiger partial charge >= 0.3 is 0 Å². The molecule has 29 heavy (non-hydrogen) atoms. The number of ketones is 1. The Morgan fingerprint density at radius 1 is 1.21 bits per heavy atom. The van der Waals surface area contributed by atoms with E-state index in [1.54, 1.807) is 13.8 Å². The normalized spacial score (nSPS) is 33.8. The molecule has 160 valence electrons. The topological polar surface area (TPSA) is 83.5 Å². The van der Waals surface area contributed by atoms with E-state index in [2.05, 4.69) is 4.72 Å². The van der Waals surface area contributed by atoms with Crippen LogP contribution in [-0.4, -0.2) is 30.4 Å². The molecule has 5 nitrogen and oxygen atoms in total. The van der Waals surface area contributed by atoms with Crippen molar-refractivity contribution in [3.63, 3.8) is 0 Å². The lowest BCUT2D eigenvalue weighted by Crippen LogP contribution is -2.56. The van der Waals surface area contributed by atoms with Crippen molar-refractivity contribution in [3.05, 3.63) is 28.2 Å². The molecule has 2 N–H and O–H groups in total. The van der Waals surface area contributed by atoms with Crippen LogP contribution < -0.4 is 4.72 Å². The lowest BCUT2D eigenvalue weighted by molar-refractivity contribution is -0.158. The number of halogens is 2. The van der Waals surface area contributed by atoms with Crippen molar-refractivity contribution >= 4 is 39.0 Å². The first kappa shape index (κ1) is 21.6. The molecule has 4 saturated carbocycles. The Morgan fingerprint density at radius 2 is 1.83 bits per heavy atom. The van der Waals surface area contributed by atoms with Gasteiger partial charge in [0.1, 0.15) is 4.90 Å². The maximum Gasteiger partial charge on any atom is 0.243 e. The molecule has 8 heteroatoms. The molecule has 0 spiro atoms. The standard InChI is InChI=1S/C21H27Cl2NO4S/c1-20(2,24-29(27,28)17-5-3-4-16(22)19(17)23)18(25)8-15-13-6-12-7-14(15)11-21(26,9-12)10-13/h3-5,12-15,24,26H,6-11H2,1-2H3. The fourth-order valence-corrected chi connectivity index (χ4v) is 8.19. The summed E-state index contributed by atoms with van der Waals surface area (Å²) in [6.45, 7) is 3.18. The molecular weight excluding hydrogens is 433 g/mol. The summed E-state index contributed by atoms with van der Waals surface area (Å²) in [7, 11) is -4.01. The summed E-state index contributed by atoms with van der Waals surface area (Å²) in [5.74, 6) is 1.36. The van der Waals surface area contributed by atoms with E-state index in [1.807, 2.05) is 0 Å². The first-order chi connectivity index (χ1) is 13.4. The summed E-state index contributed by atoms with van der Waals surface area (Å²) >= 11 is 12.0. The molecule has 0 saturated heterocycles. The number of hydrogen-bond donors (Lipinski definition) is 2. The van der Waals surface area contributed by atoms with E-state index >= 15 is 0 Å². The molecule has 1 aromatic rings. The third-order valence-electron chi connectivity index (χ3n) is 7.15. The van der Waals surface area contributed by atoms with Crippen molar-refractivity contribution in [1.82, 2.24) is 4.72 Å². The van der Waals surface area contributed by atoms with Crippen LogP contribution in [0.25, 0.3) is 0 Å². The number of carbonyl (C=O) groups excluding carboxylic acids is 1. The second-order valence-corrected chi connectivity index (χ2v) is 12.2. The van der Waals surface area contributed by atoms with Gasteiger partial charge in [0.2, 0.25) is 10.0 Å². The monoisotopic (exact) mass is 459 g/mol. The second kappa shape index (κ2) is 7.20. The number of sulfonamides is 1. The summed E-state index contributed by atoms with van der Waals surface area (Å²) in [5, 5.41) is 10.8. The van der Waals surface area contributed by atoms with Crippen LogP contribution in [0.1, 0.15) is 52.4 Å². The van der Waals surface area contributed by atoms with Gasteiger partial charge in [-0.05, 0) is 81.8 Å². The van der Waals surface area contributed by atoms with Crippen LogP contribution >= 0.6 is 23.2 Å². The van der Waals surface area contributed by atoms with Gasteiger partial charge in [0.15, 0.2) is 5.78 Å². The van der Waals surface area contributed by atoms with Crippen molar-refractivity contribution in [2.75, 3.05) is 0 Å². The van der Waals surface area contributed by atoms with Gasteiger partial charge < -0.3 is 5.11 Å². The van der Waals surface area contributed by atoms with E-state index in [0.29, 0.717) is 24.2 Å². The predicted molar refractivity (Wildman–Crippen MR) is 112 cm³/mol. The molecule has 4 bridgehead atoms. The van der Waals surface area contributed by atoms with E-state index in [0.717, 1.165) is 32.1 Å². The third-order valence-corrected chi connectivity index (χ3v) is 9.78. The molecule has 0 amide bonds. The maximum absolute atomic E-state index is 13.1. The molecule has 1 aromatic carbocycles. The minimum Gasteiger partial charge on any atom is -0.390 e. The van der Waals surface area contributed by atoms with Gasteiger partial charge in [-0.25, -0.2) is 8.42 Å². The number of Topliss-reactive ketones (excluding diaryl/α,β-unsaturated/α-hetero) is 1. The second-order valence-electron chi connectivity index (χ2n) is 9.77. The van der Waals surface area contributed by atoms with E-state index in [-0.39, 0.29) is 26.6 Å². The Kier molecular flexibility index (Phi) is 5.35. The van der Waals surface area contributed by atoms with Gasteiger partial charge in [0.05, 0.1) is 21.2 Å². The van der Waals surface area contributed by atoms with Crippen molar-refractivity contribution in [1.29, 1.82) is 0 Å². The smallest absolute Gasteiger partial charge is 0.243 e. The predicted octanol–water partition coefficient (Wildman–Crippen LogP) is 4.20. The molecule has 5 rings (SSSR count). The zero-order chi connectivity index (χ0) is 21.2. The number of rotatable bonds is 6. The Bertz CT molecular complexity index is 930. The summed E-state index contributed by atoms with van der Waals surface area (Å²) in [6, 6.07) is 4.39. The number of aliphatic hydroxyl groups is 1. The van der Waals surface area contributed by atoms with Crippen molar-refractivity contribution < 1.29 is 18.3 Å². The first-order valence-electron chi connectivity index (χ1n) is 10.1. The number of hydrogen-bond acceptors (Lipinski definition) is 4. The maximum atomic E-state index is 13.1. The van der Waals surface area contributed by atoms with Crippen LogP contribution in [0.2, 0.25) is 10.0 Å². The van der Waals surface area contributed by atoms with Crippen molar-refractivity contribution in [2.45, 2.75) is 68.4 Å². The lowest BCUT2D eigenvalue weighted by atomic mass is 9.49. The van der Waals surface area contributed by atoms with Gasteiger partial charge in [-0.3, -0.25) is 4.79 Å². The molecule has 0 aliphatic heterocycles. The van der Waals surface area contributed by atoms with E-state index in [4.69, 9.17) is 23.2 Å². The van der Waals surface area contributed by atoms with Crippen LogP contribution in [0.15, 0.2) is 23.1 Å². The average molecular weight is 460 g/mol. The fourth-order valence-electron chi connectivity index (χ4n) is 6.03. The first-order valence-corrected chi connectivity index (χ1v) is 12.4. The van der Waals surface area contributed by atoms with Crippen LogP contribution in [0.4, 0.5) is 0 Å². The molecular formula is C21H27Cl2NO4S. The molecule has 0 radical (unpaired) electrons. The van der Waals surface area contributed by atoms with E-state index in [9.17, 15) is 18.3 Å². The molecule has 2 atom stereocenters. The highest BCUT2D eigenvalue weighted by Crippen LogP contribution is 2.59. The zero-order valence-electron chi connectivity index (χ0n) is 16.6. The van der Waals surface area contributed by atoms with Crippen LogP contribution in [0, 0.1) is 23.7 Å². The number of carbonyl (C=O) groups is 1. The summed E-state index contributed by atoms with van der Waals surface area (Å²) in [4.78, 5) is 13.0. The Morgan fingerprint density at radius 3 is 2.41 bits per heavy atom. The van der Waals surface area contributed by atoms with Crippen LogP contribution in [0.5, 0.6) is 0 Å². The largest absolute Gasteiger partial charge is 0.390 e. The van der Waals surface area contributed by atoms with Gasteiger partial charge in [0, 0.05) is 6.42 Å². The molecule has 4 aliphatic carbocycles. The molecule has 4 fully saturated rings. The van der Waals surface area contributed by atoms with Gasteiger partial charge in [0.25, 0.3) is 0 Å². The minimum absolute atomic E-state index is 0.0563. The summed E-state index contributed by atoms with van der Waals surface area (Å²) < 4.78 is 28.3. The van der Waals surface area contributed by atoms with Crippen molar-refractivity contribution in [3.8, 4) is 0 Å². The lowest BCUT2D eigenvalue weighted by Gasteiger charge is -2.58. The van der Waals surface area contributed by atoms with Gasteiger partial charge in [-0.2, -0.15) is 4.72 Å². The minimum atomic E-state index is -4.01. The molecule has 0 aromatic heterocycles. The zero-order valence-corrected chi connectivity index (χ0v) is 18.9. The Labute approximate surface area is 182 Å². The third kappa shape index (κ3) is 3.99. The molecule has 2 unspecified atom stereocenters. The van der Waals surface area contributed by atoms with Gasteiger partial charge in [-0.15, -0.1) is 0 Å². The Balaban J connectivity index is 1.49. The molecule has 0 heterocycles. The SMILES string of the molecule is CC(C)(NS(=O)(=O)c1cccc(Cl)c1Cl)C(=O)CC1C2CC3CC1CC(O)(C3)C2. The van der Waals surface area contributed by atoms with Crippen LogP contribution in [-0.2, 0) is 14.8 Å². The highest BCUT2D eigenvalue weighted by molar-refractivity contribution is 7.89. The Hall–Kier alpha value is -0.660. The molecule has 4 aliphatic rings.